The van der Waals surface area contributed by atoms with Crippen LogP contribution in [0.1, 0.15) is 93.0 Å². The van der Waals surface area contributed by atoms with E-state index in [-0.39, 0.29) is 12.2 Å². The van der Waals surface area contributed by atoms with Gasteiger partial charge in [-0.3, -0.25) is 4.90 Å². The molecule has 16 nitrogen and oxygen atoms in total. The van der Waals surface area contributed by atoms with Gasteiger partial charge in [0.15, 0.2) is 0 Å². The maximum Gasteiger partial charge on any atom is 0.137 e. The molecule has 16 rings (SSSR count). The topological polar surface area (TPSA) is 210 Å². The fourth-order valence-electron chi connectivity index (χ4n) is 14.3. The third-order valence-electron chi connectivity index (χ3n) is 20.2. The summed E-state index contributed by atoms with van der Waals surface area (Å²) in [6.45, 7) is 13.2. The number of aromatic nitrogens is 3. The molecule has 3 aromatic heterocycles. The fourth-order valence-corrected chi connectivity index (χ4v) is 14.3. The molecule has 4 aliphatic heterocycles. The van der Waals surface area contributed by atoms with Gasteiger partial charge in [-0.25, -0.2) is 0 Å². The molecule has 4 aliphatic rings. The van der Waals surface area contributed by atoms with E-state index in [0.29, 0.717) is 60.7 Å². The number of H-pyrrole nitrogens is 3. The first-order valence-corrected chi connectivity index (χ1v) is 37.3. The summed E-state index contributed by atoms with van der Waals surface area (Å²) in [6.07, 6.45) is 8.77. The quantitative estimate of drug-likeness (QED) is 0.0631. The number of benzene rings is 9. The molecule has 4 N–H and O–H groups in total. The number of ether oxygens (including phenoxy) is 7. The van der Waals surface area contributed by atoms with Crippen LogP contribution < -0.4 is 14.2 Å². The Morgan fingerprint density at radius 3 is 1.30 bits per heavy atom. The highest BCUT2D eigenvalue weighted by Gasteiger charge is 2.23. The van der Waals surface area contributed by atoms with Crippen LogP contribution in [0.3, 0.4) is 0 Å². The Hall–Kier alpha value is -10.8. The summed E-state index contributed by atoms with van der Waals surface area (Å²) in [6, 6.07) is 76.5. The van der Waals surface area contributed by atoms with Crippen LogP contribution in [0, 0.1) is 34.0 Å². The first-order valence-electron chi connectivity index (χ1n) is 37.3. The third kappa shape index (κ3) is 19.1. The van der Waals surface area contributed by atoms with Crippen molar-refractivity contribution >= 4 is 32.7 Å². The number of methoxy groups -OCH3 is 1. The van der Waals surface area contributed by atoms with Crippen molar-refractivity contribution in [3.05, 3.63) is 234 Å². The molecular formula is C91H94N8O8. The van der Waals surface area contributed by atoms with Crippen LogP contribution in [0.2, 0.25) is 0 Å². The van der Waals surface area contributed by atoms with Crippen molar-refractivity contribution in [3.63, 3.8) is 0 Å². The maximum atomic E-state index is 10.2. The van der Waals surface area contributed by atoms with E-state index in [0.717, 1.165) is 172 Å². The minimum atomic E-state index is -0.870. The lowest BCUT2D eigenvalue weighted by Crippen LogP contribution is -2.26. The zero-order valence-electron chi connectivity index (χ0n) is 61.8. The van der Waals surface area contributed by atoms with Crippen molar-refractivity contribution in [1.82, 2.24) is 24.8 Å². The van der Waals surface area contributed by atoms with Gasteiger partial charge in [-0.05, 0) is 225 Å². The monoisotopic (exact) mass is 1430 g/mol. The molecule has 0 unspecified atom stereocenters. The number of rotatable bonds is 18. The SMILES string of the molecule is CC(C)(O)c1ccc(-c2cc3c(-c4ccc(OC5CCOCC5)c(C#N)c4)cccc3[nH]2)cc1.CN(C)Cc1ccc(-c2cc3c(-c4cccc(C#N)c4)cccc3[nH]2)cc1.COC1CCOCC1.N#Cc1cc(-c2cccc3[nH]c(-c4ccc(OCCN5CCCC5)cc4)cc23)ccc1OC1CCOCC1. The van der Waals surface area contributed by atoms with Crippen LogP contribution in [0.5, 0.6) is 17.2 Å². The highest BCUT2D eigenvalue weighted by atomic mass is 16.5. The molecule has 0 atom stereocenters. The van der Waals surface area contributed by atoms with Gasteiger partial charge < -0.3 is 58.1 Å². The predicted octanol–water partition coefficient (Wildman–Crippen LogP) is 18.8. The Labute approximate surface area is 627 Å². The molecule has 107 heavy (non-hydrogen) atoms. The first-order chi connectivity index (χ1) is 52.2. The van der Waals surface area contributed by atoms with Gasteiger partial charge in [0, 0.05) is 109 Å². The molecule has 0 amide bonds. The van der Waals surface area contributed by atoms with Crippen LogP contribution in [0.15, 0.2) is 206 Å². The van der Waals surface area contributed by atoms with E-state index < -0.39 is 5.60 Å². The number of likely N-dealkylation sites (tertiary alicyclic amines) is 1. The van der Waals surface area contributed by atoms with E-state index in [1.165, 1.54) is 42.4 Å². The van der Waals surface area contributed by atoms with Gasteiger partial charge in [0.25, 0.3) is 0 Å². The lowest BCUT2D eigenvalue weighted by atomic mass is 9.96. The van der Waals surface area contributed by atoms with Gasteiger partial charge in [-0.2, -0.15) is 15.8 Å². The smallest absolute Gasteiger partial charge is 0.137 e. The van der Waals surface area contributed by atoms with Gasteiger partial charge >= 0.3 is 0 Å². The second-order valence-electron chi connectivity index (χ2n) is 28.6. The van der Waals surface area contributed by atoms with Crippen LogP contribution in [-0.2, 0) is 31.1 Å². The zero-order chi connectivity index (χ0) is 74.1. The number of hydrogen-bond acceptors (Lipinski definition) is 13. The zero-order valence-corrected chi connectivity index (χ0v) is 61.8. The molecule has 0 aliphatic carbocycles. The van der Waals surface area contributed by atoms with Crippen molar-refractivity contribution in [1.29, 1.82) is 15.8 Å². The van der Waals surface area contributed by atoms with Crippen LogP contribution in [0.25, 0.3) is 99.9 Å². The molecule has 7 heterocycles. The molecule has 0 bridgehead atoms. The number of nitrogens with one attached hydrogen (secondary N) is 3. The standard InChI is InChI=1S/C32H33N3O3.C29H28N2O3.C24H21N3.C6H12O2/c33-22-25-20-24(8-11-32(25)38-27-12-17-36-18-13-27)28-4-3-5-30-29(28)21-31(34-30)23-6-9-26(10-7-23)37-19-16-35-14-1-2-15-35;1-29(2,32)22-9-6-19(7-10-22)27-17-25-24(4-3-5-26(25)31-27)20-8-11-28(21(16-20)18-30)34-23-12-14-33-15-13-23;1-27(2)16-17-9-11-19(12-10-17)24-14-22-21(7-4-8-23(22)26-24)20-6-3-5-18(13-20)15-25;1-7-6-2-4-8-5-3-6/h3-11,20-21,27,34H,1-2,12-19H2;3-11,16-17,23,31-32H,12-15H2,1-2H3;3-14,26H,16H2,1-2H3;6H,2-5H2,1H3. The van der Waals surface area contributed by atoms with E-state index in [1.54, 1.807) is 21.0 Å². The van der Waals surface area contributed by atoms with Gasteiger partial charge in [0.2, 0.25) is 0 Å². The average molecular weight is 1430 g/mol. The summed E-state index contributed by atoms with van der Waals surface area (Å²) >= 11 is 0. The second-order valence-corrected chi connectivity index (χ2v) is 28.6. The van der Waals surface area contributed by atoms with E-state index in [1.807, 2.05) is 103 Å². The minimum Gasteiger partial charge on any atom is -0.492 e. The Kier molecular flexibility index (Phi) is 24.7. The van der Waals surface area contributed by atoms with E-state index in [2.05, 4.69) is 160 Å². The molecule has 4 fully saturated rings. The summed E-state index contributed by atoms with van der Waals surface area (Å²) in [4.78, 5) is 15.2. The summed E-state index contributed by atoms with van der Waals surface area (Å²) in [5.74, 6) is 2.18. The molecule has 0 saturated carbocycles. The molecular weight excluding hydrogens is 1330 g/mol. The summed E-state index contributed by atoms with van der Waals surface area (Å²) in [7, 11) is 5.92. The summed E-state index contributed by atoms with van der Waals surface area (Å²) < 4.78 is 39.3. The van der Waals surface area contributed by atoms with Gasteiger partial charge in [0.05, 0.1) is 60.9 Å². The average Bonchev–Trinajstić information content (AvgIpc) is 1.67. The number of aromatic amines is 3. The van der Waals surface area contributed by atoms with E-state index >= 15 is 0 Å². The largest absolute Gasteiger partial charge is 0.492 e. The lowest BCUT2D eigenvalue weighted by molar-refractivity contribution is -0.00999. The number of nitrogens with zero attached hydrogens (tertiary/aromatic N) is 5. The normalized spacial score (nSPS) is 15.1. The fraction of sp³-hybridized carbons (Fsp3) is 0.308. The van der Waals surface area contributed by atoms with Crippen molar-refractivity contribution < 1.29 is 38.3 Å². The van der Waals surface area contributed by atoms with E-state index in [4.69, 9.17) is 33.2 Å². The van der Waals surface area contributed by atoms with Crippen molar-refractivity contribution in [2.75, 3.05) is 87.1 Å². The van der Waals surface area contributed by atoms with Crippen LogP contribution in [-0.4, -0.2) is 135 Å². The number of fused-ring (bicyclic) bond motifs is 3. The van der Waals surface area contributed by atoms with E-state index in [9.17, 15) is 20.9 Å². The second kappa shape index (κ2) is 35.5. The maximum absolute atomic E-state index is 10.2. The van der Waals surface area contributed by atoms with Crippen molar-refractivity contribution in [2.45, 2.75) is 95.7 Å². The Morgan fingerprint density at radius 1 is 0.477 bits per heavy atom. The van der Waals surface area contributed by atoms with Gasteiger partial charge in [0.1, 0.15) is 48.2 Å². The Morgan fingerprint density at radius 2 is 0.888 bits per heavy atom. The first kappa shape index (κ1) is 74.5. The molecule has 4 saturated heterocycles. The number of hydrogen-bond donors (Lipinski definition) is 4. The molecule has 12 aromatic rings. The molecule has 9 aromatic carbocycles. The lowest BCUT2D eigenvalue weighted by Gasteiger charge is -2.24. The van der Waals surface area contributed by atoms with Crippen molar-refractivity contribution in [3.8, 4) is 103 Å². The van der Waals surface area contributed by atoms with Crippen LogP contribution >= 0.6 is 0 Å². The van der Waals surface area contributed by atoms with Gasteiger partial charge in [-0.1, -0.05) is 109 Å². The van der Waals surface area contributed by atoms with Crippen molar-refractivity contribution in [2.24, 2.45) is 0 Å². The summed E-state index contributed by atoms with van der Waals surface area (Å²) in [5, 5.41) is 42.4. The predicted molar refractivity (Wildman–Crippen MR) is 425 cm³/mol. The number of aliphatic hydroxyl groups is 1. The van der Waals surface area contributed by atoms with Gasteiger partial charge in [-0.15, -0.1) is 0 Å². The molecule has 0 radical (unpaired) electrons. The minimum absolute atomic E-state index is 0.0881. The highest BCUT2D eigenvalue weighted by molar-refractivity contribution is 6.01. The highest BCUT2D eigenvalue weighted by Crippen LogP contribution is 2.39. The molecule has 0 spiro atoms. The number of nitriles is 3. The third-order valence-corrected chi connectivity index (χ3v) is 20.2. The Balaban J connectivity index is 0.000000136. The molecule has 546 valence electrons. The summed E-state index contributed by atoms with van der Waals surface area (Å²) in [5.41, 5.74) is 19.1. The Bertz CT molecular complexity index is 5060. The van der Waals surface area contributed by atoms with Crippen LogP contribution in [0.4, 0.5) is 0 Å². The molecule has 16 heteroatoms.